The lowest BCUT2D eigenvalue weighted by atomic mass is 9.98. The molecule has 3 aromatic rings. The van der Waals surface area contributed by atoms with Crippen LogP contribution in [0.1, 0.15) is 31.4 Å². The molecule has 0 radical (unpaired) electrons. The number of aromatic nitrogens is 3. The second-order valence-corrected chi connectivity index (χ2v) is 8.96. The van der Waals surface area contributed by atoms with Gasteiger partial charge in [-0.1, -0.05) is 12.1 Å². The molecule has 3 aliphatic rings. The SMILES string of the molecule is O=C1N(Cc2ncccc2OC(F)F)C2(CCN(c3cnc4ccccc4n3)CC2)OC12CC2. The molecule has 2 aliphatic heterocycles. The van der Waals surface area contributed by atoms with Gasteiger partial charge < -0.3 is 19.3 Å². The maximum Gasteiger partial charge on any atom is 0.387 e. The molecule has 0 bridgehead atoms. The third-order valence-corrected chi connectivity index (χ3v) is 6.89. The lowest BCUT2D eigenvalue weighted by Gasteiger charge is -2.43. The molecular weight excluding hydrogens is 444 g/mol. The lowest BCUT2D eigenvalue weighted by Crippen LogP contribution is -2.54. The van der Waals surface area contributed by atoms with Crippen LogP contribution in [0.3, 0.4) is 0 Å². The van der Waals surface area contributed by atoms with Gasteiger partial charge in [0.05, 0.1) is 23.8 Å². The van der Waals surface area contributed by atoms with Crippen LogP contribution in [0.2, 0.25) is 0 Å². The molecule has 2 saturated heterocycles. The third-order valence-electron chi connectivity index (χ3n) is 6.89. The number of fused-ring (bicyclic) bond motifs is 1. The first-order valence-corrected chi connectivity index (χ1v) is 11.4. The summed E-state index contributed by atoms with van der Waals surface area (Å²) in [6.07, 6.45) is 5.75. The van der Waals surface area contributed by atoms with E-state index >= 15 is 0 Å². The summed E-state index contributed by atoms with van der Waals surface area (Å²) in [5.41, 5.74) is 0.355. The van der Waals surface area contributed by atoms with Gasteiger partial charge in [-0.3, -0.25) is 14.8 Å². The first-order chi connectivity index (χ1) is 16.5. The van der Waals surface area contributed by atoms with E-state index in [1.54, 1.807) is 11.1 Å². The number of hydrogen-bond acceptors (Lipinski definition) is 7. The van der Waals surface area contributed by atoms with E-state index in [1.165, 1.54) is 18.3 Å². The Morgan fingerprint density at radius 3 is 2.53 bits per heavy atom. The number of hydrogen-bond donors (Lipinski definition) is 0. The fourth-order valence-electron chi connectivity index (χ4n) is 4.99. The van der Waals surface area contributed by atoms with E-state index in [-0.39, 0.29) is 18.2 Å². The molecule has 10 heteroatoms. The molecule has 2 spiro atoms. The van der Waals surface area contributed by atoms with Gasteiger partial charge >= 0.3 is 6.61 Å². The summed E-state index contributed by atoms with van der Waals surface area (Å²) in [4.78, 5) is 30.7. The molecule has 4 heterocycles. The number of pyridine rings is 1. The van der Waals surface area contributed by atoms with Gasteiger partial charge in [0.2, 0.25) is 0 Å². The van der Waals surface area contributed by atoms with Crippen LogP contribution in [0.5, 0.6) is 5.75 Å². The predicted octanol–water partition coefficient (Wildman–Crippen LogP) is 3.51. The number of para-hydroxylation sites is 2. The van der Waals surface area contributed by atoms with Crippen LogP contribution in [0.25, 0.3) is 11.0 Å². The van der Waals surface area contributed by atoms with Gasteiger partial charge in [0.25, 0.3) is 5.91 Å². The molecule has 1 saturated carbocycles. The molecule has 8 nitrogen and oxygen atoms in total. The van der Waals surface area contributed by atoms with Crippen LogP contribution < -0.4 is 9.64 Å². The number of nitrogens with zero attached hydrogens (tertiary/aromatic N) is 5. The Morgan fingerprint density at radius 2 is 1.79 bits per heavy atom. The van der Waals surface area contributed by atoms with Crippen molar-refractivity contribution in [1.82, 2.24) is 19.9 Å². The van der Waals surface area contributed by atoms with Crippen LogP contribution in [0.4, 0.5) is 14.6 Å². The maximum absolute atomic E-state index is 13.3. The van der Waals surface area contributed by atoms with Crippen molar-refractivity contribution in [2.24, 2.45) is 0 Å². The second-order valence-electron chi connectivity index (χ2n) is 8.96. The number of amides is 1. The predicted molar refractivity (Wildman–Crippen MR) is 118 cm³/mol. The zero-order valence-corrected chi connectivity index (χ0v) is 18.4. The van der Waals surface area contributed by atoms with E-state index in [0.29, 0.717) is 44.5 Å². The average molecular weight is 467 g/mol. The Balaban J connectivity index is 1.25. The first-order valence-electron chi connectivity index (χ1n) is 11.4. The Kier molecular flexibility index (Phi) is 4.87. The fraction of sp³-hybridized carbons (Fsp3) is 0.417. The van der Waals surface area contributed by atoms with Gasteiger partial charge in [0.15, 0.2) is 0 Å². The summed E-state index contributed by atoms with van der Waals surface area (Å²) >= 11 is 0. The number of piperidine rings is 1. The molecule has 0 atom stereocenters. The summed E-state index contributed by atoms with van der Waals surface area (Å²) in [6, 6.07) is 10.7. The van der Waals surface area contributed by atoms with Gasteiger partial charge in [0.1, 0.15) is 28.6 Å². The van der Waals surface area contributed by atoms with Crippen molar-refractivity contribution in [1.29, 1.82) is 0 Å². The van der Waals surface area contributed by atoms with Gasteiger partial charge in [-0.25, -0.2) is 4.98 Å². The minimum atomic E-state index is -2.97. The smallest absolute Gasteiger partial charge is 0.387 e. The minimum absolute atomic E-state index is 0.0268. The number of alkyl halides is 2. The number of rotatable bonds is 5. The minimum Gasteiger partial charge on any atom is -0.433 e. The van der Waals surface area contributed by atoms with Crippen molar-refractivity contribution < 1.29 is 23.0 Å². The summed E-state index contributed by atoms with van der Waals surface area (Å²) in [6.45, 7) is -1.67. The van der Waals surface area contributed by atoms with Crippen molar-refractivity contribution in [3.05, 3.63) is 54.5 Å². The molecule has 1 aliphatic carbocycles. The van der Waals surface area contributed by atoms with Crippen molar-refractivity contribution in [3.8, 4) is 5.75 Å². The van der Waals surface area contributed by atoms with Crippen molar-refractivity contribution >= 4 is 22.8 Å². The van der Waals surface area contributed by atoms with Gasteiger partial charge in [0, 0.05) is 32.1 Å². The molecule has 3 fully saturated rings. The highest BCUT2D eigenvalue weighted by Crippen LogP contribution is 2.54. The van der Waals surface area contributed by atoms with Crippen LogP contribution in [-0.2, 0) is 16.1 Å². The Morgan fingerprint density at radius 1 is 1.03 bits per heavy atom. The summed E-state index contributed by atoms with van der Waals surface area (Å²) in [5, 5.41) is 0. The number of benzene rings is 1. The summed E-state index contributed by atoms with van der Waals surface area (Å²) in [7, 11) is 0. The fourth-order valence-corrected chi connectivity index (χ4v) is 4.99. The molecule has 0 N–H and O–H groups in total. The Labute approximate surface area is 194 Å². The van der Waals surface area contributed by atoms with E-state index in [0.717, 1.165) is 16.9 Å². The van der Waals surface area contributed by atoms with Crippen LogP contribution in [0.15, 0.2) is 48.8 Å². The number of anilines is 1. The summed E-state index contributed by atoms with van der Waals surface area (Å²) in [5.74, 6) is 0.657. The molecule has 6 rings (SSSR count). The van der Waals surface area contributed by atoms with Gasteiger partial charge in [-0.2, -0.15) is 8.78 Å². The molecule has 0 unspecified atom stereocenters. The van der Waals surface area contributed by atoms with Gasteiger partial charge in [-0.05, 0) is 37.1 Å². The quantitative estimate of drug-likeness (QED) is 0.568. The molecular formula is C24H23F2N5O3. The van der Waals surface area contributed by atoms with E-state index < -0.39 is 17.9 Å². The highest BCUT2D eigenvalue weighted by molar-refractivity contribution is 5.90. The zero-order valence-electron chi connectivity index (χ0n) is 18.4. The van der Waals surface area contributed by atoms with E-state index in [9.17, 15) is 13.6 Å². The normalized spacial score (nSPS) is 20.6. The van der Waals surface area contributed by atoms with E-state index in [2.05, 4.69) is 19.6 Å². The van der Waals surface area contributed by atoms with Crippen molar-refractivity contribution in [3.63, 3.8) is 0 Å². The second kappa shape index (κ2) is 7.83. The number of carbonyl (C=O) groups is 1. The average Bonchev–Trinajstić information content (AvgIpc) is 3.59. The van der Waals surface area contributed by atoms with Crippen LogP contribution >= 0.6 is 0 Å². The molecule has 1 aromatic carbocycles. The Hall–Kier alpha value is -3.40. The zero-order chi connectivity index (χ0) is 23.3. The largest absolute Gasteiger partial charge is 0.433 e. The van der Waals surface area contributed by atoms with Crippen LogP contribution in [0, 0.1) is 0 Å². The number of halogens is 2. The van der Waals surface area contributed by atoms with Crippen molar-refractivity contribution in [2.75, 3.05) is 18.0 Å². The van der Waals surface area contributed by atoms with E-state index in [1.807, 2.05) is 24.3 Å². The Bertz CT molecular complexity index is 1240. The molecule has 34 heavy (non-hydrogen) atoms. The standard InChI is InChI=1S/C24H23F2N5O3/c25-22(26)33-19-6-3-11-27-18(19)15-31-21(32)23(7-8-23)34-24(31)9-12-30(13-10-24)20-14-28-16-4-1-2-5-17(16)29-20/h1-6,11,14,22H,7-10,12-13,15H2. The highest BCUT2D eigenvalue weighted by atomic mass is 19.3. The highest BCUT2D eigenvalue weighted by Gasteiger charge is 2.67. The third kappa shape index (κ3) is 3.53. The maximum atomic E-state index is 13.3. The monoisotopic (exact) mass is 467 g/mol. The molecule has 1 amide bonds. The molecule has 2 aromatic heterocycles. The van der Waals surface area contributed by atoms with Crippen molar-refractivity contribution in [2.45, 2.75) is 50.2 Å². The van der Waals surface area contributed by atoms with Gasteiger partial charge in [-0.15, -0.1) is 0 Å². The number of ether oxygens (including phenoxy) is 2. The topological polar surface area (TPSA) is 80.7 Å². The molecule has 176 valence electrons. The first kappa shape index (κ1) is 21.2. The van der Waals surface area contributed by atoms with E-state index in [4.69, 9.17) is 9.72 Å². The van der Waals surface area contributed by atoms with Crippen LogP contribution in [-0.4, -0.2) is 56.8 Å². The summed E-state index contributed by atoms with van der Waals surface area (Å²) < 4.78 is 36.9. The lowest BCUT2D eigenvalue weighted by molar-refractivity contribution is -0.138. The number of carbonyl (C=O) groups excluding carboxylic acids is 1.